The molecule has 3 nitrogen and oxygen atoms in total. The van der Waals surface area contributed by atoms with Crippen LogP contribution in [0.4, 0.5) is 0 Å². The van der Waals surface area contributed by atoms with Gasteiger partial charge in [0.15, 0.2) is 0 Å². The van der Waals surface area contributed by atoms with E-state index in [0.29, 0.717) is 28.4 Å². The van der Waals surface area contributed by atoms with Crippen LogP contribution in [0, 0.1) is 12.8 Å². The third-order valence-corrected chi connectivity index (χ3v) is 6.51. The summed E-state index contributed by atoms with van der Waals surface area (Å²) >= 11 is 6.74. The number of aryl methyl sites for hydroxylation is 1. The Balaban J connectivity index is 3.30. The van der Waals surface area contributed by atoms with Gasteiger partial charge in [-0.15, -0.1) is 0 Å². The molecule has 1 aromatic carbocycles. The van der Waals surface area contributed by atoms with Gasteiger partial charge < -0.3 is 0 Å². The van der Waals surface area contributed by atoms with Gasteiger partial charge in [0.05, 0.1) is 4.90 Å². The van der Waals surface area contributed by atoms with E-state index in [1.54, 1.807) is 6.07 Å². The van der Waals surface area contributed by atoms with Gasteiger partial charge in [0.1, 0.15) is 0 Å². The van der Waals surface area contributed by atoms with E-state index in [9.17, 15) is 8.42 Å². The number of sulfonamides is 1. The highest BCUT2D eigenvalue weighted by atomic mass is 79.9. The standard InChI is InChI=1S/C13H19Br2NO2S/c1-5-16(8-9(2)3)19(17,18)13-7-11(14)10(4)6-12(13)15/h6-7,9H,5,8H2,1-4H3. The number of halogens is 2. The van der Waals surface area contributed by atoms with Gasteiger partial charge in [-0.25, -0.2) is 8.42 Å². The molecule has 0 amide bonds. The Morgan fingerprint density at radius 2 is 1.79 bits per heavy atom. The lowest BCUT2D eigenvalue weighted by Gasteiger charge is -2.23. The molecule has 0 aliphatic rings. The van der Waals surface area contributed by atoms with Gasteiger partial charge in [0.2, 0.25) is 10.0 Å². The minimum absolute atomic E-state index is 0.294. The van der Waals surface area contributed by atoms with Crippen molar-refractivity contribution in [2.45, 2.75) is 32.6 Å². The Bertz CT molecular complexity index is 556. The molecule has 0 saturated heterocycles. The largest absolute Gasteiger partial charge is 0.244 e. The van der Waals surface area contributed by atoms with Crippen molar-refractivity contribution >= 4 is 41.9 Å². The molecule has 0 aromatic heterocycles. The fourth-order valence-corrected chi connectivity index (χ4v) is 5.02. The van der Waals surface area contributed by atoms with E-state index in [4.69, 9.17) is 0 Å². The average Bonchev–Trinajstić information content (AvgIpc) is 2.30. The highest BCUT2D eigenvalue weighted by Crippen LogP contribution is 2.31. The molecule has 108 valence electrons. The van der Waals surface area contributed by atoms with Gasteiger partial charge in [-0.2, -0.15) is 4.31 Å². The Morgan fingerprint density at radius 1 is 1.21 bits per heavy atom. The van der Waals surface area contributed by atoms with Crippen molar-refractivity contribution in [1.82, 2.24) is 4.31 Å². The first-order chi connectivity index (χ1) is 8.70. The molecular weight excluding hydrogens is 394 g/mol. The van der Waals surface area contributed by atoms with E-state index in [0.717, 1.165) is 10.0 Å². The van der Waals surface area contributed by atoms with Crippen LogP contribution < -0.4 is 0 Å². The first kappa shape index (κ1) is 17.1. The highest BCUT2D eigenvalue weighted by Gasteiger charge is 2.26. The number of rotatable bonds is 5. The number of hydrogen-bond acceptors (Lipinski definition) is 2. The monoisotopic (exact) mass is 411 g/mol. The van der Waals surface area contributed by atoms with Crippen LogP contribution in [0.2, 0.25) is 0 Å². The second-order valence-electron chi connectivity index (χ2n) is 4.88. The summed E-state index contributed by atoms with van der Waals surface area (Å²) in [6.45, 7) is 8.81. The molecule has 0 spiro atoms. The van der Waals surface area contributed by atoms with Gasteiger partial charge >= 0.3 is 0 Å². The van der Waals surface area contributed by atoms with Crippen LogP contribution >= 0.6 is 31.9 Å². The quantitative estimate of drug-likeness (QED) is 0.727. The van der Waals surface area contributed by atoms with Gasteiger partial charge in [0, 0.05) is 22.0 Å². The molecule has 6 heteroatoms. The average molecular weight is 413 g/mol. The molecule has 0 saturated carbocycles. The van der Waals surface area contributed by atoms with Crippen molar-refractivity contribution < 1.29 is 8.42 Å². The van der Waals surface area contributed by atoms with Crippen molar-refractivity contribution in [2.75, 3.05) is 13.1 Å². The molecule has 0 fully saturated rings. The predicted molar refractivity (Wildman–Crippen MR) is 85.8 cm³/mol. The third-order valence-electron chi connectivity index (χ3n) is 2.75. The zero-order valence-electron chi connectivity index (χ0n) is 11.6. The van der Waals surface area contributed by atoms with Crippen LogP contribution in [-0.2, 0) is 10.0 Å². The smallest absolute Gasteiger partial charge is 0.207 e. The van der Waals surface area contributed by atoms with Crippen molar-refractivity contribution in [2.24, 2.45) is 5.92 Å². The minimum atomic E-state index is -3.46. The van der Waals surface area contributed by atoms with Crippen molar-refractivity contribution in [3.8, 4) is 0 Å². The maximum Gasteiger partial charge on any atom is 0.244 e. The van der Waals surface area contributed by atoms with E-state index in [2.05, 4.69) is 31.9 Å². The van der Waals surface area contributed by atoms with E-state index < -0.39 is 10.0 Å². The molecule has 0 aliphatic heterocycles. The molecular formula is C13H19Br2NO2S. The lowest BCUT2D eigenvalue weighted by molar-refractivity contribution is 0.380. The molecule has 0 radical (unpaired) electrons. The fourth-order valence-electron chi connectivity index (χ4n) is 1.77. The Hall–Kier alpha value is 0.0900. The second-order valence-corrected chi connectivity index (χ2v) is 8.50. The zero-order chi connectivity index (χ0) is 14.8. The Morgan fingerprint density at radius 3 is 2.26 bits per heavy atom. The summed E-state index contributed by atoms with van der Waals surface area (Å²) in [5.74, 6) is 0.294. The first-order valence-corrected chi connectivity index (χ1v) is 9.18. The molecule has 0 unspecified atom stereocenters. The normalized spacial score (nSPS) is 12.4. The lowest BCUT2D eigenvalue weighted by Crippen LogP contribution is -2.34. The van der Waals surface area contributed by atoms with Gasteiger partial charge in [-0.1, -0.05) is 36.7 Å². The van der Waals surface area contributed by atoms with E-state index in [1.165, 1.54) is 4.31 Å². The topological polar surface area (TPSA) is 37.4 Å². The van der Waals surface area contributed by atoms with Gasteiger partial charge in [-0.05, 0) is 46.5 Å². The zero-order valence-corrected chi connectivity index (χ0v) is 15.6. The summed E-state index contributed by atoms with van der Waals surface area (Å²) in [6, 6.07) is 3.48. The van der Waals surface area contributed by atoms with Crippen LogP contribution in [0.15, 0.2) is 26.0 Å². The van der Waals surface area contributed by atoms with Crippen LogP contribution in [-0.4, -0.2) is 25.8 Å². The van der Waals surface area contributed by atoms with Crippen molar-refractivity contribution in [3.05, 3.63) is 26.6 Å². The third kappa shape index (κ3) is 4.03. The molecule has 19 heavy (non-hydrogen) atoms. The molecule has 1 aromatic rings. The highest BCUT2D eigenvalue weighted by molar-refractivity contribution is 9.11. The Labute approximate surface area is 132 Å². The van der Waals surface area contributed by atoms with E-state index in [1.807, 2.05) is 33.8 Å². The van der Waals surface area contributed by atoms with Crippen LogP contribution in [0.5, 0.6) is 0 Å². The summed E-state index contributed by atoms with van der Waals surface area (Å²) in [4.78, 5) is 0.312. The maximum absolute atomic E-state index is 12.7. The van der Waals surface area contributed by atoms with Gasteiger partial charge in [-0.3, -0.25) is 0 Å². The number of benzene rings is 1. The first-order valence-electron chi connectivity index (χ1n) is 6.16. The molecule has 1 rings (SSSR count). The molecule has 0 bridgehead atoms. The lowest BCUT2D eigenvalue weighted by atomic mass is 10.2. The van der Waals surface area contributed by atoms with Crippen LogP contribution in [0.25, 0.3) is 0 Å². The molecule has 0 heterocycles. The predicted octanol–water partition coefficient (Wildman–Crippen LogP) is 4.19. The molecule has 0 atom stereocenters. The minimum Gasteiger partial charge on any atom is -0.207 e. The van der Waals surface area contributed by atoms with Crippen molar-refractivity contribution in [1.29, 1.82) is 0 Å². The van der Waals surface area contributed by atoms with E-state index >= 15 is 0 Å². The summed E-state index contributed by atoms with van der Waals surface area (Å²) in [5, 5.41) is 0. The summed E-state index contributed by atoms with van der Waals surface area (Å²) < 4.78 is 28.2. The summed E-state index contributed by atoms with van der Waals surface area (Å²) in [6.07, 6.45) is 0. The summed E-state index contributed by atoms with van der Waals surface area (Å²) in [5.41, 5.74) is 0.998. The fraction of sp³-hybridized carbons (Fsp3) is 0.538. The van der Waals surface area contributed by atoms with E-state index in [-0.39, 0.29) is 0 Å². The molecule has 0 N–H and O–H groups in total. The van der Waals surface area contributed by atoms with Crippen LogP contribution in [0.3, 0.4) is 0 Å². The summed E-state index contributed by atoms with van der Waals surface area (Å²) in [7, 11) is -3.46. The van der Waals surface area contributed by atoms with Crippen molar-refractivity contribution in [3.63, 3.8) is 0 Å². The molecule has 0 aliphatic carbocycles. The SMILES string of the molecule is CCN(CC(C)C)S(=O)(=O)c1cc(Br)c(C)cc1Br. The Kier molecular flexibility index (Phi) is 6.04. The van der Waals surface area contributed by atoms with Crippen LogP contribution in [0.1, 0.15) is 26.3 Å². The number of hydrogen-bond donors (Lipinski definition) is 0. The number of nitrogens with zero attached hydrogens (tertiary/aromatic N) is 1. The maximum atomic E-state index is 12.7. The van der Waals surface area contributed by atoms with Gasteiger partial charge in [0.25, 0.3) is 0 Å². The second kappa shape index (κ2) is 6.70.